The van der Waals surface area contributed by atoms with Crippen LogP contribution in [0.4, 0.5) is 0 Å². The van der Waals surface area contributed by atoms with Crippen molar-refractivity contribution in [1.82, 2.24) is 9.21 Å². The van der Waals surface area contributed by atoms with Gasteiger partial charge < -0.3 is 0 Å². The number of piperazine rings is 1. The molecule has 0 unspecified atom stereocenters. The molecular formula is C17H25N3O2S. The molecule has 0 radical (unpaired) electrons. The van der Waals surface area contributed by atoms with E-state index in [1.54, 1.807) is 4.31 Å². The van der Waals surface area contributed by atoms with Gasteiger partial charge in [-0.05, 0) is 49.9 Å². The van der Waals surface area contributed by atoms with Crippen LogP contribution >= 0.6 is 0 Å². The molecule has 1 aromatic carbocycles. The van der Waals surface area contributed by atoms with Crippen LogP contribution in [-0.4, -0.2) is 50.3 Å². The zero-order chi connectivity index (χ0) is 17.2. The Kier molecular flexibility index (Phi) is 5.45. The van der Waals surface area contributed by atoms with E-state index in [4.69, 9.17) is 5.26 Å². The van der Waals surface area contributed by atoms with E-state index in [1.165, 1.54) is 0 Å². The fourth-order valence-corrected chi connectivity index (χ4v) is 5.10. The van der Waals surface area contributed by atoms with E-state index in [0.29, 0.717) is 44.0 Å². The highest BCUT2D eigenvalue weighted by molar-refractivity contribution is 7.89. The number of rotatable bonds is 4. The third-order valence-corrected chi connectivity index (χ3v) is 6.94. The molecule has 1 aromatic rings. The second kappa shape index (κ2) is 7.00. The molecule has 126 valence electrons. The molecule has 5 nitrogen and oxygen atoms in total. The number of sulfonamides is 1. The molecule has 0 saturated carbocycles. The molecule has 23 heavy (non-hydrogen) atoms. The van der Waals surface area contributed by atoms with Crippen molar-refractivity contribution in [3.63, 3.8) is 0 Å². The van der Waals surface area contributed by atoms with Crippen molar-refractivity contribution in [3.8, 4) is 6.07 Å². The molecule has 1 saturated heterocycles. The Morgan fingerprint density at radius 1 is 1.04 bits per heavy atom. The van der Waals surface area contributed by atoms with E-state index in [1.807, 2.05) is 33.8 Å². The number of benzene rings is 1. The predicted molar refractivity (Wildman–Crippen MR) is 90.8 cm³/mol. The molecule has 0 amide bonds. The van der Waals surface area contributed by atoms with Gasteiger partial charge in [0.15, 0.2) is 0 Å². The van der Waals surface area contributed by atoms with Gasteiger partial charge in [0.25, 0.3) is 0 Å². The van der Waals surface area contributed by atoms with E-state index in [-0.39, 0.29) is 0 Å². The van der Waals surface area contributed by atoms with Gasteiger partial charge in [-0.15, -0.1) is 0 Å². The highest BCUT2D eigenvalue weighted by Crippen LogP contribution is 2.29. The molecule has 0 bridgehead atoms. The Labute approximate surface area is 139 Å². The highest BCUT2D eigenvalue weighted by atomic mass is 32.2. The first-order valence-electron chi connectivity index (χ1n) is 7.96. The molecule has 1 aliphatic heterocycles. The van der Waals surface area contributed by atoms with Crippen LogP contribution in [0, 0.1) is 39.0 Å². The molecule has 2 rings (SSSR count). The lowest BCUT2D eigenvalue weighted by atomic mass is 10.0. The van der Waals surface area contributed by atoms with Crippen LogP contribution in [0.25, 0.3) is 0 Å². The summed E-state index contributed by atoms with van der Waals surface area (Å²) in [6.07, 6.45) is 0.488. The number of hydrogen-bond acceptors (Lipinski definition) is 4. The Balaban J connectivity index is 2.26. The molecule has 0 N–H and O–H groups in total. The van der Waals surface area contributed by atoms with Crippen LogP contribution in [0.1, 0.15) is 28.7 Å². The van der Waals surface area contributed by atoms with Crippen molar-refractivity contribution in [2.45, 2.75) is 39.0 Å². The second-order valence-corrected chi connectivity index (χ2v) is 8.12. The summed E-state index contributed by atoms with van der Waals surface area (Å²) in [5, 5.41) is 8.66. The fraction of sp³-hybridized carbons (Fsp3) is 0.588. The lowest BCUT2D eigenvalue weighted by Crippen LogP contribution is -2.48. The monoisotopic (exact) mass is 335 g/mol. The molecule has 0 aliphatic carbocycles. The fourth-order valence-electron chi connectivity index (χ4n) is 3.10. The van der Waals surface area contributed by atoms with Gasteiger partial charge >= 0.3 is 0 Å². The van der Waals surface area contributed by atoms with Crippen LogP contribution in [0.3, 0.4) is 0 Å². The number of nitriles is 1. The summed E-state index contributed by atoms with van der Waals surface area (Å²) in [5.41, 5.74) is 3.72. The second-order valence-electron chi connectivity index (χ2n) is 6.24. The first-order valence-corrected chi connectivity index (χ1v) is 9.40. The summed E-state index contributed by atoms with van der Waals surface area (Å²) in [4.78, 5) is 2.62. The topological polar surface area (TPSA) is 64.4 Å². The molecule has 0 aromatic heterocycles. The Bertz CT molecular complexity index is 701. The number of aryl methyl sites for hydroxylation is 2. The van der Waals surface area contributed by atoms with Gasteiger partial charge in [-0.1, -0.05) is 6.07 Å². The predicted octanol–water partition coefficient (Wildman–Crippen LogP) is 2.14. The SMILES string of the molecule is Cc1cc(C)c(C)c(S(=O)(=O)N2CCN(CCC#N)CC2)c1C. The van der Waals surface area contributed by atoms with Crippen LogP contribution < -0.4 is 0 Å². The van der Waals surface area contributed by atoms with E-state index < -0.39 is 10.0 Å². The third-order valence-electron chi connectivity index (χ3n) is 4.77. The smallest absolute Gasteiger partial charge is 0.243 e. The third kappa shape index (κ3) is 3.57. The minimum Gasteiger partial charge on any atom is -0.300 e. The minimum absolute atomic E-state index is 0.473. The van der Waals surface area contributed by atoms with Crippen molar-refractivity contribution < 1.29 is 8.42 Å². The highest BCUT2D eigenvalue weighted by Gasteiger charge is 2.31. The quantitative estimate of drug-likeness (QED) is 0.845. The van der Waals surface area contributed by atoms with Gasteiger partial charge in [0, 0.05) is 39.1 Å². The summed E-state index contributed by atoms with van der Waals surface area (Å²) >= 11 is 0. The minimum atomic E-state index is -3.47. The Hall–Kier alpha value is -1.42. The normalized spacial score (nSPS) is 17.2. The van der Waals surface area contributed by atoms with Crippen LogP contribution in [0.15, 0.2) is 11.0 Å². The molecule has 1 fully saturated rings. The number of hydrogen-bond donors (Lipinski definition) is 0. The molecule has 1 aliphatic rings. The standard InChI is InChI=1S/C17H25N3O2S/c1-13-12-14(2)16(4)17(15(13)3)23(21,22)20-10-8-19(9-11-20)7-5-6-18/h12H,5,7-11H2,1-4H3. The van der Waals surface area contributed by atoms with Crippen molar-refractivity contribution in [2.24, 2.45) is 0 Å². The van der Waals surface area contributed by atoms with Crippen molar-refractivity contribution >= 4 is 10.0 Å². The van der Waals surface area contributed by atoms with Crippen LogP contribution in [-0.2, 0) is 10.0 Å². The van der Waals surface area contributed by atoms with Gasteiger partial charge in [-0.3, -0.25) is 4.90 Å². The summed E-state index contributed by atoms with van der Waals surface area (Å²) in [7, 11) is -3.47. The first kappa shape index (κ1) is 17.9. The molecule has 6 heteroatoms. The molecular weight excluding hydrogens is 310 g/mol. The van der Waals surface area contributed by atoms with Crippen molar-refractivity contribution in [1.29, 1.82) is 5.26 Å². The summed E-state index contributed by atoms with van der Waals surface area (Å²) < 4.78 is 27.8. The van der Waals surface area contributed by atoms with E-state index >= 15 is 0 Å². The van der Waals surface area contributed by atoms with Crippen molar-refractivity contribution in [2.75, 3.05) is 32.7 Å². The Morgan fingerprint density at radius 3 is 2.04 bits per heavy atom. The van der Waals surface area contributed by atoms with Crippen molar-refractivity contribution in [3.05, 3.63) is 28.3 Å². The van der Waals surface area contributed by atoms with Gasteiger partial charge in [-0.2, -0.15) is 9.57 Å². The maximum atomic E-state index is 13.1. The summed E-state index contributed by atoms with van der Waals surface area (Å²) in [6, 6.07) is 4.18. The zero-order valence-electron chi connectivity index (χ0n) is 14.4. The van der Waals surface area contributed by atoms with Crippen LogP contribution in [0.2, 0.25) is 0 Å². The van der Waals surface area contributed by atoms with Gasteiger partial charge in [0.1, 0.15) is 0 Å². The average Bonchev–Trinajstić information content (AvgIpc) is 2.51. The van der Waals surface area contributed by atoms with Gasteiger partial charge in [0.2, 0.25) is 10.0 Å². The largest absolute Gasteiger partial charge is 0.300 e. The van der Waals surface area contributed by atoms with Gasteiger partial charge in [0.05, 0.1) is 11.0 Å². The lowest BCUT2D eigenvalue weighted by molar-refractivity contribution is 0.191. The number of nitrogens with zero attached hydrogens (tertiary/aromatic N) is 3. The summed E-state index contributed by atoms with van der Waals surface area (Å²) in [5.74, 6) is 0. The Morgan fingerprint density at radius 2 is 1.57 bits per heavy atom. The molecule has 0 atom stereocenters. The van der Waals surface area contributed by atoms with Crippen LogP contribution in [0.5, 0.6) is 0 Å². The van der Waals surface area contributed by atoms with E-state index in [0.717, 1.165) is 22.3 Å². The first-order chi connectivity index (χ1) is 10.8. The lowest BCUT2D eigenvalue weighted by Gasteiger charge is -2.34. The molecule has 0 spiro atoms. The average molecular weight is 335 g/mol. The van der Waals surface area contributed by atoms with Gasteiger partial charge in [-0.25, -0.2) is 8.42 Å². The summed E-state index contributed by atoms with van der Waals surface area (Å²) in [6.45, 7) is 10.7. The zero-order valence-corrected chi connectivity index (χ0v) is 15.2. The maximum absolute atomic E-state index is 13.1. The maximum Gasteiger partial charge on any atom is 0.243 e. The molecule has 1 heterocycles. The van der Waals surface area contributed by atoms with E-state index in [2.05, 4.69) is 11.0 Å². The van der Waals surface area contributed by atoms with E-state index in [9.17, 15) is 8.42 Å².